The smallest absolute Gasteiger partial charge is 0.326 e. The molecule has 6 heteroatoms. The highest BCUT2D eigenvalue weighted by atomic mass is 32.1. The highest BCUT2D eigenvalue weighted by Gasteiger charge is 2.12. The van der Waals surface area contributed by atoms with E-state index in [2.05, 4.69) is 4.98 Å². The van der Waals surface area contributed by atoms with E-state index in [1.807, 2.05) is 13.0 Å². The predicted molar refractivity (Wildman–Crippen MR) is 74.5 cm³/mol. The fourth-order valence-corrected chi connectivity index (χ4v) is 2.66. The molecule has 2 aromatic rings. The first-order chi connectivity index (χ1) is 9.01. The molecule has 5 nitrogen and oxygen atoms in total. The van der Waals surface area contributed by atoms with Crippen LogP contribution in [0.25, 0.3) is 10.2 Å². The number of aromatic nitrogens is 2. The summed E-state index contributed by atoms with van der Waals surface area (Å²) in [6, 6.07) is 1.85. The van der Waals surface area contributed by atoms with Crippen molar-refractivity contribution in [3.05, 3.63) is 27.6 Å². The van der Waals surface area contributed by atoms with Gasteiger partial charge in [-0.2, -0.15) is 0 Å². The van der Waals surface area contributed by atoms with Crippen LogP contribution in [-0.4, -0.2) is 21.6 Å². The first-order valence-corrected chi connectivity index (χ1v) is 7.00. The summed E-state index contributed by atoms with van der Waals surface area (Å²) in [4.78, 5) is 29.8. The SMILES string of the molecule is CCc1cc2c(=O)n(CC(=O)OC(C)C)cnc2s1. The molecule has 0 amide bonds. The Labute approximate surface area is 114 Å². The lowest BCUT2D eigenvalue weighted by molar-refractivity contribution is -0.148. The van der Waals surface area contributed by atoms with E-state index >= 15 is 0 Å². The van der Waals surface area contributed by atoms with Gasteiger partial charge in [0.2, 0.25) is 0 Å². The third-order valence-corrected chi connectivity index (χ3v) is 3.77. The van der Waals surface area contributed by atoms with Crippen LogP contribution >= 0.6 is 11.3 Å². The normalized spacial score (nSPS) is 11.2. The zero-order valence-corrected chi connectivity index (χ0v) is 12.0. The van der Waals surface area contributed by atoms with Gasteiger partial charge in [0, 0.05) is 4.88 Å². The lowest BCUT2D eigenvalue weighted by Crippen LogP contribution is -2.26. The monoisotopic (exact) mass is 280 g/mol. The van der Waals surface area contributed by atoms with Gasteiger partial charge >= 0.3 is 5.97 Å². The van der Waals surface area contributed by atoms with Gasteiger partial charge < -0.3 is 4.74 Å². The van der Waals surface area contributed by atoms with Crippen LogP contribution < -0.4 is 5.56 Å². The molecule has 0 aliphatic carbocycles. The molecule has 0 bridgehead atoms. The van der Waals surface area contributed by atoms with Gasteiger partial charge in [-0.3, -0.25) is 14.2 Å². The largest absolute Gasteiger partial charge is 0.462 e. The van der Waals surface area contributed by atoms with Crippen LogP contribution in [0.1, 0.15) is 25.6 Å². The van der Waals surface area contributed by atoms with Gasteiger partial charge in [0.1, 0.15) is 11.4 Å². The van der Waals surface area contributed by atoms with Gasteiger partial charge in [-0.25, -0.2) is 4.98 Å². The average molecular weight is 280 g/mol. The fourth-order valence-electron chi connectivity index (χ4n) is 1.74. The molecule has 0 atom stereocenters. The molecule has 0 saturated heterocycles. The number of ether oxygens (including phenoxy) is 1. The van der Waals surface area contributed by atoms with Gasteiger partial charge in [-0.15, -0.1) is 11.3 Å². The third kappa shape index (κ3) is 3.01. The molecule has 2 heterocycles. The van der Waals surface area contributed by atoms with Crippen molar-refractivity contribution in [3.63, 3.8) is 0 Å². The zero-order valence-electron chi connectivity index (χ0n) is 11.2. The summed E-state index contributed by atoms with van der Waals surface area (Å²) >= 11 is 1.51. The van der Waals surface area contributed by atoms with Crippen LogP contribution in [0.15, 0.2) is 17.2 Å². The average Bonchev–Trinajstić information content (AvgIpc) is 2.76. The van der Waals surface area contributed by atoms with Crippen molar-refractivity contribution < 1.29 is 9.53 Å². The van der Waals surface area contributed by atoms with Gasteiger partial charge in [-0.05, 0) is 26.3 Å². The van der Waals surface area contributed by atoms with Crippen LogP contribution in [0.3, 0.4) is 0 Å². The number of thiophene rings is 1. The molecule has 2 aromatic heterocycles. The maximum Gasteiger partial charge on any atom is 0.326 e. The van der Waals surface area contributed by atoms with Crippen molar-refractivity contribution >= 4 is 27.5 Å². The molecule has 0 aliphatic rings. The lowest BCUT2D eigenvalue weighted by atomic mass is 10.3. The number of nitrogens with zero attached hydrogens (tertiary/aromatic N) is 2. The molecule has 0 unspecified atom stereocenters. The van der Waals surface area contributed by atoms with Crippen molar-refractivity contribution in [2.45, 2.75) is 39.8 Å². The summed E-state index contributed by atoms with van der Waals surface area (Å²) in [5.41, 5.74) is -0.193. The highest BCUT2D eigenvalue weighted by Crippen LogP contribution is 2.20. The Bertz CT molecular complexity index is 657. The molecule has 0 aromatic carbocycles. The first-order valence-electron chi connectivity index (χ1n) is 6.18. The maximum absolute atomic E-state index is 12.2. The second kappa shape index (κ2) is 5.52. The van der Waals surface area contributed by atoms with E-state index in [0.717, 1.165) is 16.1 Å². The molecule has 0 aliphatic heterocycles. The number of rotatable bonds is 4. The van der Waals surface area contributed by atoms with Crippen LogP contribution in [0.2, 0.25) is 0 Å². The molecule has 102 valence electrons. The minimum absolute atomic E-state index is 0.0999. The van der Waals surface area contributed by atoms with Crippen LogP contribution in [0.5, 0.6) is 0 Å². The molecular formula is C13H16N2O3S. The van der Waals surface area contributed by atoms with E-state index in [9.17, 15) is 9.59 Å². The number of carbonyl (C=O) groups excluding carboxylic acids is 1. The van der Waals surface area contributed by atoms with Gasteiger partial charge in [0.05, 0.1) is 17.8 Å². The highest BCUT2D eigenvalue weighted by molar-refractivity contribution is 7.18. The van der Waals surface area contributed by atoms with Crippen LogP contribution in [0.4, 0.5) is 0 Å². The summed E-state index contributed by atoms with van der Waals surface area (Å²) < 4.78 is 6.31. The minimum atomic E-state index is -0.427. The van der Waals surface area contributed by atoms with E-state index in [0.29, 0.717) is 5.39 Å². The number of fused-ring (bicyclic) bond motifs is 1. The summed E-state index contributed by atoms with van der Waals surface area (Å²) in [5.74, 6) is -0.427. The Morgan fingerprint density at radius 3 is 2.89 bits per heavy atom. The second-order valence-corrected chi connectivity index (χ2v) is 5.62. The van der Waals surface area contributed by atoms with Crippen molar-refractivity contribution in [1.82, 2.24) is 9.55 Å². The quantitative estimate of drug-likeness (QED) is 0.803. The van der Waals surface area contributed by atoms with E-state index in [1.165, 1.54) is 22.2 Å². The van der Waals surface area contributed by atoms with E-state index in [4.69, 9.17) is 4.74 Å². The Hall–Kier alpha value is -1.69. The number of aryl methyl sites for hydroxylation is 1. The number of hydrogen-bond donors (Lipinski definition) is 0. The Kier molecular flexibility index (Phi) is 3.99. The molecule has 0 spiro atoms. The third-order valence-electron chi connectivity index (χ3n) is 2.58. The topological polar surface area (TPSA) is 61.2 Å². The summed E-state index contributed by atoms with van der Waals surface area (Å²) in [6.07, 6.45) is 2.09. The minimum Gasteiger partial charge on any atom is -0.462 e. The Morgan fingerprint density at radius 1 is 1.53 bits per heavy atom. The van der Waals surface area contributed by atoms with Crippen molar-refractivity contribution in [2.75, 3.05) is 0 Å². The first kappa shape index (κ1) is 13.7. The van der Waals surface area contributed by atoms with Crippen LogP contribution in [0, 0.1) is 0 Å². The second-order valence-electron chi connectivity index (χ2n) is 4.50. The van der Waals surface area contributed by atoms with Gasteiger partial charge in [-0.1, -0.05) is 6.92 Å². The summed E-state index contributed by atoms with van der Waals surface area (Å²) in [6.45, 7) is 5.48. The molecule has 0 fully saturated rings. The zero-order chi connectivity index (χ0) is 14.0. The van der Waals surface area contributed by atoms with E-state index < -0.39 is 5.97 Å². The number of hydrogen-bond acceptors (Lipinski definition) is 5. The standard InChI is InChI=1S/C13H16N2O3S/c1-4-9-5-10-12(19-9)14-7-15(13(10)17)6-11(16)18-8(2)3/h5,7-8H,4,6H2,1-3H3. The van der Waals surface area contributed by atoms with E-state index in [-0.39, 0.29) is 18.2 Å². The van der Waals surface area contributed by atoms with Crippen molar-refractivity contribution in [2.24, 2.45) is 0 Å². The molecule has 0 radical (unpaired) electrons. The van der Waals surface area contributed by atoms with Crippen molar-refractivity contribution in [3.8, 4) is 0 Å². The molecule has 2 rings (SSSR count). The number of carbonyl (C=O) groups is 1. The predicted octanol–water partition coefficient (Wildman–Crippen LogP) is 1.97. The summed E-state index contributed by atoms with van der Waals surface area (Å²) in [5, 5.41) is 0.571. The Balaban J connectivity index is 2.32. The van der Waals surface area contributed by atoms with Crippen LogP contribution in [-0.2, 0) is 22.5 Å². The summed E-state index contributed by atoms with van der Waals surface area (Å²) in [7, 11) is 0. The molecule has 0 saturated carbocycles. The van der Waals surface area contributed by atoms with Crippen molar-refractivity contribution in [1.29, 1.82) is 0 Å². The maximum atomic E-state index is 12.2. The van der Waals surface area contributed by atoms with Gasteiger partial charge in [0.25, 0.3) is 5.56 Å². The molecular weight excluding hydrogens is 264 g/mol. The Morgan fingerprint density at radius 2 is 2.26 bits per heavy atom. The van der Waals surface area contributed by atoms with Gasteiger partial charge in [0.15, 0.2) is 0 Å². The fraction of sp³-hybridized carbons (Fsp3) is 0.462. The molecule has 19 heavy (non-hydrogen) atoms. The van der Waals surface area contributed by atoms with E-state index in [1.54, 1.807) is 13.8 Å². The lowest BCUT2D eigenvalue weighted by Gasteiger charge is -2.08. The number of esters is 1. The molecule has 0 N–H and O–H groups in total.